The molecule has 0 unspecified atom stereocenters. The highest BCUT2D eigenvalue weighted by molar-refractivity contribution is 6.30. The normalized spacial score (nSPS) is 10.9. The van der Waals surface area contributed by atoms with Crippen LogP contribution in [0.15, 0.2) is 76.2 Å². The predicted molar refractivity (Wildman–Crippen MR) is 95.0 cm³/mol. The van der Waals surface area contributed by atoms with Crippen LogP contribution in [-0.2, 0) is 11.2 Å². The molecule has 0 radical (unpaired) electrons. The van der Waals surface area contributed by atoms with Gasteiger partial charge in [0, 0.05) is 10.6 Å². The number of carbonyl (C=O) groups is 1. The Morgan fingerprint density at radius 2 is 1.92 bits per heavy atom. The van der Waals surface area contributed by atoms with Crippen molar-refractivity contribution in [3.05, 3.63) is 83.1 Å². The molecular weight excluding hydrogens is 324 g/mol. The van der Waals surface area contributed by atoms with Crippen molar-refractivity contribution in [1.29, 1.82) is 0 Å². The van der Waals surface area contributed by atoms with Crippen molar-refractivity contribution in [2.24, 2.45) is 5.10 Å². The molecule has 0 aliphatic rings. The molecule has 0 atom stereocenters. The van der Waals surface area contributed by atoms with Crippen molar-refractivity contribution >= 4 is 23.7 Å². The van der Waals surface area contributed by atoms with Gasteiger partial charge >= 0.3 is 0 Å². The number of benzene rings is 2. The quantitative estimate of drug-likeness (QED) is 0.557. The number of halogens is 1. The first-order chi connectivity index (χ1) is 11.7. The SMILES string of the molecule is O=C(Cc1ccccc1)N/N=C\c1ccc(-c2cccc(Cl)c2)o1. The van der Waals surface area contributed by atoms with Gasteiger partial charge < -0.3 is 4.42 Å². The van der Waals surface area contributed by atoms with Crippen LogP contribution in [0.25, 0.3) is 11.3 Å². The van der Waals surface area contributed by atoms with Gasteiger partial charge in [0.1, 0.15) is 11.5 Å². The zero-order valence-corrected chi connectivity index (χ0v) is 13.5. The number of hydrogen-bond acceptors (Lipinski definition) is 3. The molecule has 3 aromatic rings. The van der Waals surface area contributed by atoms with Crippen LogP contribution in [0.1, 0.15) is 11.3 Å². The van der Waals surface area contributed by atoms with Gasteiger partial charge in [0.05, 0.1) is 12.6 Å². The van der Waals surface area contributed by atoms with E-state index >= 15 is 0 Å². The van der Waals surface area contributed by atoms with Crippen LogP contribution in [0.4, 0.5) is 0 Å². The summed E-state index contributed by atoms with van der Waals surface area (Å²) >= 11 is 5.97. The zero-order chi connectivity index (χ0) is 16.8. The van der Waals surface area contributed by atoms with E-state index in [1.54, 1.807) is 12.1 Å². The molecule has 5 heteroatoms. The molecule has 120 valence electrons. The van der Waals surface area contributed by atoms with Gasteiger partial charge in [-0.3, -0.25) is 4.79 Å². The van der Waals surface area contributed by atoms with Crippen LogP contribution in [-0.4, -0.2) is 12.1 Å². The van der Waals surface area contributed by atoms with Crippen molar-refractivity contribution in [2.45, 2.75) is 6.42 Å². The first kappa shape index (κ1) is 16.0. The van der Waals surface area contributed by atoms with Crippen LogP contribution in [0.5, 0.6) is 0 Å². The number of hydrazone groups is 1. The van der Waals surface area contributed by atoms with Gasteiger partial charge in [-0.25, -0.2) is 5.43 Å². The van der Waals surface area contributed by atoms with Gasteiger partial charge in [-0.1, -0.05) is 54.1 Å². The predicted octanol–water partition coefficient (Wildman–Crippen LogP) is 4.29. The Morgan fingerprint density at radius 1 is 1.08 bits per heavy atom. The second-order valence-corrected chi connectivity index (χ2v) is 5.60. The summed E-state index contributed by atoms with van der Waals surface area (Å²) in [6.07, 6.45) is 1.75. The molecule has 0 spiro atoms. The number of carbonyl (C=O) groups excluding carboxylic acids is 1. The third-order valence-electron chi connectivity index (χ3n) is 3.32. The summed E-state index contributed by atoms with van der Waals surface area (Å²) in [6.45, 7) is 0. The Balaban J connectivity index is 1.58. The minimum atomic E-state index is -0.181. The van der Waals surface area contributed by atoms with E-state index in [2.05, 4.69) is 10.5 Å². The Bertz CT molecular complexity index is 857. The molecule has 0 saturated heterocycles. The highest BCUT2D eigenvalue weighted by atomic mass is 35.5. The van der Waals surface area contributed by atoms with Gasteiger partial charge in [-0.2, -0.15) is 5.10 Å². The third kappa shape index (κ3) is 4.33. The average molecular weight is 339 g/mol. The van der Waals surface area contributed by atoms with Crippen LogP contribution < -0.4 is 5.43 Å². The maximum absolute atomic E-state index is 11.8. The molecule has 0 aliphatic heterocycles. The van der Waals surface area contributed by atoms with Crippen molar-refractivity contribution in [3.63, 3.8) is 0 Å². The van der Waals surface area contributed by atoms with E-state index in [1.807, 2.05) is 54.6 Å². The average Bonchev–Trinajstić information content (AvgIpc) is 3.05. The molecule has 0 saturated carbocycles. The monoisotopic (exact) mass is 338 g/mol. The lowest BCUT2D eigenvalue weighted by molar-refractivity contribution is -0.120. The van der Waals surface area contributed by atoms with Crippen molar-refractivity contribution < 1.29 is 9.21 Å². The molecule has 0 fully saturated rings. The van der Waals surface area contributed by atoms with Gasteiger partial charge in [-0.05, 0) is 29.8 Å². The minimum Gasteiger partial charge on any atom is -0.455 e. The summed E-state index contributed by atoms with van der Waals surface area (Å²) in [5, 5.41) is 4.56. The van der Waals surface area contributed by atoms with Crippen LogP contribution >= 0.6 is 11.6 Å². The van der Waals surface area contributed by atoms with E-state index in [9.17, 15) is 4.79 Å². The lowest BCUT2D eigenvalue weighted by Crippen LogP contribution is -2.19. The molecule has 2 aromatic carbocycles. The topological polar surface area (TPSA) is 54.6 Å². The summed E-state index contributed by atoms with van der Waals surface area (Å²) in [5.74, 6) is 1.05. The molecule has 3 rings (SSSR count). The van der Waals surface area contributed by atoms with Crippen LogP contribution in [0.3, 0.4) is 0 Å². The number of nitrogens with one attached hydrogen (secondary N) is 1. The Morgan fingerprint density at radius 3 is 2.71 bits per heavy atom. The maximum atomic E-state index is 11.8. The first-order valence-electron chi connectivity index (χ1n) is 7.42. The molecule has 24 heavy (non-hydrogen) atoms. The fraction of sp³-hybridized carbons (Fsp3) is 0.0526. The molecule has 1 amide bonds. The highest BCUT2D eigenvalue weighted by Crippen LogP contribution is 2.24. The number of amides is 1. The van der Waals surface area contributed by atoms with Crippen molar-refractivity contribution in [1.82, 2.24) is 5.43 Å². The molecule has 1 N–H and O–H groups in total. The third-order valence-corrected chi connectivity index (χ3v) is 3.56. The second kappa shape index (κ2) is 7.62. The summed E-state index contributed by atoms with van der Waals surface area (Å²) in [5.41, 5.74) is 4.31. The van der Waals surface area contributed by atoms with Gasteiger partial charge in [0.2, 0.25) is 5.91 Å². The fourth-order valence-electron chi connectivity index (χ4n) is 2.21. The molecule has 0 bridgehead atoms. The molecule has 1 heterocycles. The summed E-state index contributed by atoms with van der Waals surface area (Å²) in [6, 6.07) is 20.5. The highest BCUT2D eigenvalue weighted by Gasteiger charge is 2.04. The lowest BCUT2D eigenvalue weighted by Gasteiger charge is -1.99. The number of furan rings is 1. The number of hydrogen-bond donors (Lipinski definition) is 1. The van der Waals surface area contributed by atoms with E-state index < -0.39 is 0 Å². The van der Waals surface area contributed by atoms with Crippen molar-refractivity contribution in [3.8, 4) is 11.3 Å². The number of nitrogens with zero attached hydrogens (tertiary/aromatic N) is 1. The van der Waals surface area contributed by atoms with Gasteiger partial charge in [0.25, 0.3) is 0 Å². The van der Waals surface area contributed by atoms with E-state index in [1.165, 1.54) is 6.21 Å². The Labute approximate surface area is 144 Å². The molecule has 0 aliphatic carbocycles. The Hall–Kier alpha value is -2.85. The lowest BCUT2D eigenvalue weighted by atomic mass is 10.1. The van der Waals surface area contributed by atoms with E-state index in [0.29, 0.717) is 16.5 Å². The standard InChI is InChI=1S/C19H15ClN2O2/c20-16-8-4-7-15(12-16)18-10-9-17(24-18)13-21-22-19(23)11-14-5-2-1-3-6-14/h1-10,12-13H,11H2,(H,22,23)/b21-13-. The fourth-order valence-corrected chi connectivity index (χ4v) is 2.40. The largest absolute Gasteiger partial charge is 0.455 e. The zero-order valence-electron chi connectivity index (χ0n) is 12.8. The van der Waals surface area contributed by atoms with E-state index in [0.717, 1.165) is 11.1 Å². The first-order valence-corrected chi connectivity index (χ1v) is 7.80. The molecule has 1 aromatic heterocycles. The molecule has 4 nitrogen and oxygen atoms in total. The minimum absolute atomic E-state index is 0.181. The second-order valence-electron chi connectivity index (χ2n) is 5.17. The Kier molecular flexibility index (Phi) is 5.08. The smallest absolute Gasteiger partial charge is 0.244 e. The van der Waals surface area contributed by atoms with E-state index in [4.69, 9.17) is 16.0 Å². The summed E-state index contributed by atoms with van der Waals surface area (Å²) in [7, 11) is 0. The van der Waals surface area contributed by atoms with Crippen molar-refractivity contribution in [2.75, 3.05) is 0 Å². The van der Waals surface area contributed by atoms with Gasteiger partial charge in [-0.15, -0.1) is 0 Å². The number of rotatable bonds is 5. The maximum Gasteiger partial charge on any atom is 0.244 e. The van der Waals surface area contributed by atoms with Crippen LogP contribution in [0, 0.1) is 0 Å². The summed E-state index contributed by atoms with van der Waals surface area (Å²) < 4.78 is 5.67. The van der Waals surface area contributed by atoms with Gasteiger partial charge in [0.15, 0.2) is 0 Å². The van der Waals surface area contributed by atoms with Crippen LogP contribution in [0.2, 0.25) is 5.02 Å². The summed E-state index contributed by atoms with van der Waals surface area (Å²) in [4.78, 5) is 11.8. The molecular formula is C19H15ClN2O2. The van der Waals surface area contributed by atoms with E-state index in [-0.39, 0.29) is 12.3 Å².